The number of alkyl halides is 3. The van der Waals surface area contributed by atoms with Crippen LogP contribution in [0.15, 0.2) is 22.7 Å². The smallest absolute Gasteiger partial charge is 0.379 e. The minimum atomic E-state index is -4.49. The molecule has 1 saturated heterocycles. The van der Waals surface area contributed by atoms with Gasteiger partial charge in [0.2, 0.25) is 5.91 Å². The summed E-state index contributed by atoms with van der Waals surface area (Å²) in [6.07, 6.45) is -4.49. The zero-order chi connectivity index (χ0) is 15.8. The van der Waals surface area contributed by atoms with Crippen LogP contribution in [-0.2, 0) is 15.7 Å². The lowest BCUT2D eigenvalue weighted by Gasteiger charge is -2.25. The summed E-state index contributed by atoms with van der Waals surface area (Å²) in [7, 11) is 0. The fourth-order valence-corrected chi connectivity index (χ4v) is 2.52. The first-order valence-corrected chi connectivity index (χ1v) is 6.95. The Labute approximate surface area is 128 Å². The Kier molecular flexibility index (Phi) is 4.32. The van der Waals surface area contributed by atoms with Gasteiger partial charge in [-0.05, 0) is 25.1 Å². The molecule has 0 bridgehead atoms. The number of nitrogens with one attached hydrogen (secondary N) is 1. The van der Waals surface area contributed by atoms with Gasteiger partial charge in [0.15, 0.2) is 0 Å². The first kappa shape index (κ1) is 16.3. The molecule has 2 rings (SSSR count). The number of rotatable bonds is 2. The van der Waals surface area contributed by atoms with Crippen molar-refractivity contribution in [3.63, 3.8) is 0 Å². The van der Waals surface area contributed by atoms with Crippen molar-refractivity contribution >= 4 is 27.5 Å². The highest BCUT2D eigenvalue weighted by Gasteiger charge is 2.44. The van der Waals surface area contributed by atoms with Crippen LogP contribution >= 0.6 is 15.9 Å². The van der Waals surface area contributed by atoms with Crippen molar-refractivity contribution in [1.29, 1.82) is 0 Å². The standard InChI is InChI=1S/C13H14BrF3N2O2/c1-12(6-21-5-10(12)18)11(20)19-9-3-7(13(15,16)17)2-8(14)4-9/h2-4,10H,5-6,18H2,1H3,(H,19,20). The molecule has 0 aliphatic carbocycles. The molecule has 1 aliphatic rings. The lowest BCUT2D eigenvalue weighted by atomic mass is 9.85. The van der Waals surface area contributed by atoms with Gasteiger partial charge in [0.1, 0.15) is 0 Å². The highest BCUT2D eigenvalue weighted by molar-refractivity contribution is 9.10. The number of amides is 1. The number of halogens is 4. The third-order valence-electron chi connectivity index (χ3n) is 3.52. The zero-order valence-corrected chi connectivity index (χ0v) is 12.7. The summed E-state index contributed by atoms with van der Waals surface area (Å²) in [6.45, 7) is 2.01. The third-order valence-corrected chi connectivity index (χ3v) is 3.98. The summed E-state index contributed by atoms with van der Waals surface area (Å²) in [5.74, 6) is -0.460. The van der Waals surface area contributed by atoms with E-state index in [9.17, 15) is 18.0 Å². The van der Waals surface area contributed by atoms with Crippen LogP contribution in [0.5, 0.6) is 0 Å². The summed E-state index contributed by atoms with van der Waals surface area (Å²) in [4.78, 5) is 12.3. The molecule has 2 unspecified atom stereocenters. The number of hydrogen-bond acceptors (Lipinski definition) is 3. The number of ether oxygens (including phenoxy) is 1. The maximum absolute atomic E-state index is 12.8. The molecule has 1 amide bonds. The fraction of sp³-hybridized carbons (Fsp3) is 0.462. The average Bonchev–Trinajstić information content (AvgIpc) is 2.69. The number of carbonyl (C=O) groups is 1. The van der Waals surface area contributed by atoms with Crippen LogP contribution in [0.25, 0.3) is 0 Å². The van der Waals surface area contributed by atoms with Crippen LogP contribution in [0.2, 0.25) is 0 Å². The third kappa shape index (κ3) is 3.38. The lowest BCUT2D eigenvalue weighted by molar-refractivity contribution is -0.137. The number of nitrogens with two attached hydrogens (primary N) is 1. The van der Waals surface area contributed by atoms with E-state index in [1.165, 1.54) is 6.07 Å². The summed E-state index contributed by atoms with van der Waals surface area (Å²) in [6, 6.07) is 2.74. The van der Waals surface area contributed by atoms with Gasteiger partial charge in [-0.15, -0.1) is 0 Å². The van der Waals surface area contributed by atoms with Gasteiger partial charge in [-0.2, -0.15) is 13.2 Å². The lowest BCUT2D eigenvalue weighted by Crippen LogP contribution is -2.47. The molecule has 116 valence electrons. The monoisotopic (exact) mass is 366 g/mol. The van der Waals surface area contributed by atoms with E-state index >= 15 is 0 Å². The Morgan fingerprint density at radius 3 is 2.67 bits per heavy atom. The minimum absolute atomic E-state index is 0.0574. The van der Waals surface area contributed by atoms with Crippen LogP contribution in [0.3, 0.4) is 0 Å². The molecule has 0 saturated carbocycles. The van der Waals surface area contributed by atoms with Crippen LogP contribution in [0.1, 0.15) is 12.5 Å². The largest absolute Gasteiger partial charge is 0.416 e. The average molecular weight is 367 g/mol. The SMILES string of the molecule is CC1(C(=O)Nc2cc(Br)cc(C(F)(F)F)c2)COCC1N. The van der Waals surface area contributed by atoms with Crippen LogP contribution in [0, 0.1) is 5.41 Å². The van der Waals surface area contributed by atoms with Gasteiger partial charge in [0.25, 0.3) is 0 Å². The van der Waals surface area contributed by atoms with Crippen molar-refractivity contribution < 1.29 is 22.7 Å². The molecule has 0 spiro atoms. The molecule has 2 atom stereocenters. The van der Waals surface area contributed by atoms with E-state index in [0.717, 1.165) is 12.1 Å². The van der Waals surface area contributed by atoms with E-state index in [0.29, 0.717) is 0 Å². The molecule has 0 radical (unpaired) electrons. The first-order chi connectivity index (χ1) is 9.63. The molecule has 4 nitrogen and oxygen atoms in total. The van der Waals surface area contributed by atoms with Crippen molar-refractivity contribution in [3.05, 3.63) is 28.2 Å². The maximum atomic E-state index is 12.8. The van der Waals surface area contributed by atoms with Crippen LogP contribution in [-0.4, -0.2) is 25.2 Å². The molecule has 21 heavy (non-hydrogen) atoms. The Hall–Kier alpha value is -1.12. The summed E-state index contributed by atoms with van der Waals surface area (Å²) < 4.78 is 43.6. The predicted octanol–water partition coefficient (Wildman–Crippen LogP) is 2.77. The van der Waals surface area contributed by atoms with Crippen molar-refractivity contribution in [1.82, 2.24) is 0 Å². The molecule has 3 N–H and O–H groups in total. The maximum Gasteiger partial charge on any atom is 0.416 e. The van der Waals surface area contributed by atoms with E-state index in [-0.39, 0.29) is 23.4 Å². The number of hydrogen-bond donors (Lipinski definition) is 2. The second-order valence-electron chi connectivity index (χ2n) is 5.22. The van der Waals surface area contributed by atoms with Crippen LogP contribution in [0.4, 0.5) is 18.9 Å². The number of carbonyl (C=O) groups excluding carboxylic acids is 1. The van der Waals surface area contributed by atoms with E-state index in [1.807, 2.05) is 0 Å². The van der Waals surface area contributed by atoms with E-state index in [2.05, 4.69) is 21.2 Å². The Morgan fingerprint density at radius 2 is 2.14 bits per heavy atom. The molecule has 0 aromatic heterocycles. The van der Waals surface area contributed by atoms with Gasteiger partial charge in [-0.25, -0.2) is 0 Å². The summed E-state index contributed by atoms with van der Waals surface area (Å²) in [5.41, 5.74) is 4.08. The normalized spacial score (nSPS) is 25.9. The van der Waals surface area contributed by atoms with Gasteiger partial charge in [0, 0.05) is 16.2 Å². The van der Waals surface area contributed by atoms with Gasteiger partial charge in [0.05, 0.1) is 24.2 Å². The summed E-state index contributed by atoms with van der Waals surface area (Å²) >= 11 is 3.00. The van der Waals surface area contributed by atoms with Crippen molar-refractivity contribution in [2.75, 3.05) is 18.5 Å². The molecule has 1 aromatic rings. The molecular formula is C13H14BrF3N2O2. The van der Waals surface area contributed by atoms with E-state index < -0.39 is 29.1 Å². The predicted molar refractivity (Wildman–Crippen MR) is 74.7 cm³/mol. The molecule has 1 aromatic carbocycles. The topological polar surface area (TPSA) is 64.3 Å². The molecular weight excluding hydrogens is 353 g/mol. The Balaban J connectivity index is 2.24. The quantitative estimate of drug-likeness (QED) is 0.845. The second-order valence-corrected chi connectivity index (χ2v) is 6.14. The van der Waals surface area contributed by atoms with E-state index in [4.69, 9.17) is 10.5 Å². The molecule has 1 heterocycles. The van der Waals surface area contributed by atoms with Gasteiger partial charge < -0.3 is 15.8 Å². The summed E-state index contributed by atoms with van der Waals surface area (Å²) in [5, 5.41) is 2.48. The Bertz CT molecular complexity index is 565. The fourth-order valence-electron chi connectivity index (χ4n) is 2.02. The van der Waals surface area contributed by atoms with Crippen LogP contribution < -0.4 is 11.1 Å². The second kappa shape index (κ2) is 5.58. The Morgan fingerprint density at radius 1 is 1.48 bits per heavy atom. The number of anilines is 1. The molecule has 1 fully saturated rings. The van der Waals surface area contributed by atoms with Gasteiger partial charge >= 0.3 is 6.18 Å². The molecule has 8 heteroatoms. The van der Waals surface area contributed by atoms with Gasteiger partial charge in [-0.3, -0.25) is 4.79 Å². The highest BCUT2D eigenvalue weighted by Crippen LogP contribution is 2.34. The molecule has 1 aliphatic heterocycles. The van der Waals surface area contributed by atoms with Crippen molar-refractivity contribution in [2.45, 2.75) is 19.1 Å². The van der Waals surface area contributed by atoms with Crippen molar-refractivity contribution in [3.8, 4) is 0 Å². The zero-order valence-electron chi connectivity index (χ0n) is 11.1. The van der Waals surface area contributed by atoms with Crippen molar-refractivity contribution in [2.24, 2.45) is 11.1 Å². The number of benzene rings is 1. The van der Waals surface area contributed by atoms with E-state index in [1.54, 1.807) is 6.92 Å². The van der Waals surface area contributed by atoms with Gasteiger partial charge in [-0.1, -0.05) is 15.9 Å². The first-order valence-electron chi connectivity index (χ1n) is 6.15. The minimum Gasteiger partial charge on any atom is -0.379 e. The highest BCUT2D eigenvalue weighted by atomic mass is 79.9.